The molecule has 0 bridgehead atoms. The molecule has 0 aromatic carbocycles. The highest BCUT2D eigenvalue weighted by atomic mass is 16.3. The zero-order chi connectivity index (χ0) is 12.6. The van der Waals surface area contributed by atoms with Gasteiger partial charge in [0.1, 0.15) is 0 Å². The second kappa shape index (κ2) is 4.64. The highest BCUT2D eigenvalue weighted by Crippen LogP contribution is 2.33. The van der Waals surface area contributed by atoms with Gasteiger partial charge in [-0.15, -0.1) is 0 Å². The van der Waals surface area contributed by atoms with Crippen LogP contribution in [0.4, 0.5) is 0 Å². The lowest BCUT2D eigenvalue weighted by atomic mass is 10.1. The lowest BCUT2D eigenvalue weighted by Crippen LogP contribution is -2.41. The quantitative estimate of drug-likeness (QED) is 0.742. The van der Waals surface area contributed by atoms with Gasteiger partial charge in [0.05, 0.1) is 18.6 Å². The second-order valence-corrected chi connectivity index (χ2v) is 5.16. The van der Waals surface area contributed by atoms with Crippen molar-refractivity contribution >= 4 is 11.8 Å². The van der Waals surface area contributed by atoms with Gasteiger partial charge >= 0.3 is 0 Å². The van der Waals surface area contributed by atoms with E-state index in [1.165, 1.54) is 0 Å². The zero-order valence-corrected chi connectivity index (χ0v) is 10.4. The van der Waals surface area contributed by atoms with Gasteiger partial charge in [0, 0.05) is 26.1 Å². The Morgan fingerprint density at radius 1 is 1.59 bits per heavy atom. The number of aliphatic hydroxyl groups excluding tert-OH is 1. The molecule has 2 atom stereocenters. The number of hydrogen-bond acceptors (Lipinski definition) is 3. The number of carbonyl (C=O) groups is 2. The van der Waals surface area contributed by atoms with E-state index in [1.54, 1.807) is 18.9 Å². The topological polar surface area (TPSA) is 60.9 Å². The molecular weight excluding hydrogens is 220 g/mol. The predicted octanol–water partition coefficient (Wildman–Crippen LogP) is -0.163. The third-order valence-corrected chi connectivity index (χ3v) is 3.77. The second-order valence-electron chi connectivity index (χ2n) is 5.16. The molecule has 1 aliphatic heterocycles. The summed E-state index contributed by atoms with van der Waals surface area (Å²) in [6, 6.07) is 0.202. The molecule has 0 spiro atoms. The van der Waals surface area contributed by atoms with Gasteiger partial charge in [-0.25, -0.2) is 0 Å². The predicted molar refractivity (Wildman–Crippen MR) is 62.2 cm³/mol. The van der Waals surface area contributed by atoms with Crippen LogP contribution < -0.4 is 0 Å². The summed E-state index contributed by atoms with van der Waals surface area (Å²) in [7, 11) is 1.69. The van der Waals surface area contributed by atoms with E-state index in [9.17, 15) is 9.59 Å². The zero-order valence-electron chi connectivity index (χ0n) is 10.4. The fourth-order valence-electron chi connectivity index (χ4n) is 2.26. The molecule has 0 aromatic heterocycles. The van der Waals surface area contributed by atoms with E-state index in [4.69, 9.17) is 5.11 Å². The summed E-state index contributed by atoms with van der Waals surface area (Å²) >= 11 is 0. The number of likely N-dealkylation sites (tertiary alicyclic amines) is 1. The Kier molecular flexibility index (Phi) is 3.38. The standard InChI is InChI=1S/C12H20N2O3/c1-8(7-15)13(2)12(17)9-5-11(16)14(6-9)10-3-4-10/h8-10,15H,3-7H2,1-2H3. The van der Waals surface area contributed by atoms with Gasteiger partial charge in [-0.3, -0.25) is 9.59 Å². The molecule has 2 aliphatic rings. The van der Waals surface area contributed by atoms with Gasteiger partial charge in [0.25, 0.3) is 0 Å². The maximum Gasteiger partial charge on any atom is 0.228 e. The minimum absolute atomic E-state index is 0.0250. The largest absolute Gasteiger partial charge is 0.394 e. The summed E-state index contributed by atoms with van der Waals surface area (Å²) in [5.74, 6) is -0.138. The summed E-state index contributed by atoms with van der Waals surface area (Å²) in [5, 5.41) is 9.03. The van der Waals surface area contributed by atoms with E-state index >= 15 is 0 Å². The number of likely N-dealkylation sites (N-methyl/N-ethyl adjacent to an activating group) is 1. The van der Waals surface area contributed by atoms with E-state index in [1.807, 2.05) is 4.90 Å². The smallest absolute Gasteiger partial charge is 0.228 e. The SMILES string of the molecule is CC(CO)N(C)C(=O)C1CC(=O)N(C2CC2)C1. The normalized spacial score (nSPS) is 26.2. The molecule has 1 aliphatic carbocycles. The number of carbonyl (C=O) groups excluding carboxylic acids is 2. The molecule has 1 heterocycles. The summed E-state index contributed by atoms with van der Waals surface area (Å²) in [4.78, 5) is 27.3. The van der Waals surface area contributed by atoms with Crippen LogP contribution in [-0.2, 0) is 9.59 Å². The molecule has 1 saturated heterocycles. The number of amides is 2. The van der Waals surface area contributed by atoms with Gasteiger partial charge in [0.15, 0.2) is 0 Å². The van der Waals surface area contributed by atoms with E-state index in [2.05, 4.69) is 0 Å². The number of rotatable bonds is 4. The average molecular weight is 240 g/mol. The lowest BCUT2D eigenvalue weighted by molar-refractivity contribution is -0.137. The van der Waals surface area contributed by atoms with Gasteiger partial charge < -0.3 is 14.9 Å². The number of hydrogen-bond donors (Lipinski definition) is 1. The Bertz CT molecular complexity index is 328. The van der Waals surface area contributed by atoms with Crippen LogP contribution >= 0.6 is 0 Å². The third kappa shape index (κ3) is 2.44. The molecule has 2 amide bonds. The first-order valence-corrected chi connectivity index (χ1v) is 6.21. The number of aliphatic hydroxyl groups is 1. The molecule has 0 aromatic rings. The van der Waals surface area contributed by atoms with Crippen molar-refractivity contribution in [3.05, 3.63) is 0 Å². The molecular formula is C12H20N2O3. The molecule has 5 heteroatoms. The molecule has 2 fully saturated rings. The Morgan fingerprint density at radius 3 is 2.76 bits per heavy atom. The van der Waals surface area contributed by atoms with Crippen LogP contribution in [0.25, 0.3) is 0 Å². The molecule has 5 nitrogen and oxygen atoms in total. The van der Waals surface area contributed by atoms with E-state index in [0.717, 1.165) is 12.8 Å². The minimum Gasteiger partial charge on any atom is -0.394 e. The maximum absolute atomic E-state index is 12.1. The van der Waals surface area contributed by atoms with Gasteiger partial charge in [-0.2, -0.15) is 0 Å². The summed E-state index contributed by atoms with van der Waals surface area (Å²) < 4.78 is 0. The fourth-order valence-corrected chi connectivity index (χ4v) is 2.26. The minimum atomic E-state index is -0.220. The highest BCUT2D eigenvalue weighted by Gasteiger charge is 2.42. The maximum atomic E-state index is 12.1. The first kappa shape index (κ1) is 12.4. The fraction of sp³-hybridized carbons (Fsp3) is 0.833. The van der Waals surface area contributed by atoms with Crippen LogP contribution in [0.5, 0.6) is 0 Å². The summed E-state index contributed by atoms with van der Waals surface area (Å²) in [6.07, 6.45) is 2.49. The Labute approximate surface area is 101 Å². The van der Waals surface area contributed by atoms with Crippen LogP contribution in [0.2, 0.25) is 0 Å². The molecule has 1 N–H and O–H groups in total. The molecule has 0 radical (unpaired) electrons. The van der Waals surface area contributed by atoms with E-state index in [0.29, 0.717) is 19.0 Å². The van der Waals surface area contributed by atoms with Crippen molar-refractivity contribution in [3.63, 3.8) is 0 Å². The summed E-state index contributed by atoms with van der Waals surface area (Å²) in [6.45, 7) is 2.31. The monoisotopic (exact) mass is 240 g/mol. The first-order chi connectivity index (χ1) is 8.04. The average Bonchev–Trinajstić information content (AvgIpc) is 3.09. The van der Waals surface area contributed by atoms with Crippen LogP contribution in [0, 0.1) is 5.92 Å². The lowest BCUT2D eigenvalue weighted by Gasteiger charge is -2.26. The molecule has 1 saturated carbocycles. The van der Waals surface area contributed by atoms with Crippen molar-refractivity contribution in [2.45, 2.75) is 38.3 Å². The van der Waals surface area contributed by atoms with Gasteiger partial charge in [0.2, 0.25) is 11.8 Å². The van der Waals surface area contributed by atoms with Crippen molar-refractivity contribution in [2.75, 3.05) is 20.2 Å². The van der Waals surface area contributed by atoms with Crippen LogP contribution in [0.3, 0.4) is 0 Å². The van der Waals surface area contributed by atoms with Crippen LogP contribution in [-0.4, -0.2) is 59.0 Å². The van der Waals surface area contributed by atoms with Crippen molar-refractivity contribution in [3.8, 4) is 0 Å². The molecule has 17 heavy (non-hydrogen) atoms. The highest BCUT2D eigenvalue weighted by molar-refractivity contribution is 5.89. The van der Waals surface area contributed by atoms with Gasteiger partial charge in [-0.1, -0.05) is 0 Å². The first-order valence-electron chi connectivity index (χ1n) is 6.21. The molecule has 96 valence electrons. The van der Waals surface area contributed by atoms with Crippen molar-refractivity contribution in [1.29, 1.82) is 0 Å². The molecule has 2 unspecified atom stereocenters. The summed E-state index contributed by atoms with van der Waals surface area (Å²) in [5.41, 5.74) is 0. The Balaban J connectivity index is 1.94. The molecule has 2 rings (SSSR count). The Hall–Kier alpha value is -1.10. The van der Waals surface area contributed by atoms with E-state index in [-0.39, 0.29) is 30.4 Å². The van der Waals surface area contributed by atoms with Crippen molar-refractivity contribution < 1.29 is 14.7 Å². The van der Waals surface area contributed by atoms with Crippen molar-refractivity contribution in [2.24, 2.45) is 5.92 Å². The van der Waals surface area contributed by atoms with Crippen LogP contribution in [0.15, 0.2) is 0 Å². The van der Waals surface area contributed by atoms with Gasteiger partial charge in [-0.05, 0) is 19.8 Å². The Morgan fingerprint density at radius 2 is 2.24 bits per heavy atom. The third-order valence-electron chi connectivity index (χ3n) is 3.77. The number of nitrogens with zero attached hydrogens (tertiary/aromatic N) is 2. The van der Waals surface area contributed by atoms with Crippen molar-refractivity contribution in [1.82, 2.24) is 9.80 Å². The van der Waals surface area contributed by atoms with Crippen LogP contribution in [0.1, 0.15) is 26.2 Å². The van der Waals surface area contributed by atoms with E-state index < -0.39 is 0 Å².